The molecule has 0 aliphatic carbocycles. The van der Waals surface area contributed by atoms with E-state index in [4.69, 9.17) is 14.4 Å². The van der Waals surface area contributed by atoms with Crippen LogP contribution in [0.3, 0.4) is 0 Å². The number of hydrogen-bond donors (Lipinski definition) is 1. The Hall–Kier alpha value is -3.48. The topological polar surface area (TPSA) is 79.0 Å². The zero-order valence-corrected chi connectivity index (χ0v) is 18.4. The van der Waals surface area contributed by atoms with Crippen molar-refractivity contribution in [2.24, 2.45) is 0 Å². The quantitative estimate of drug-likeness (QED) is 0.611. The Balaban J connectivity index is 1.33. The molecule has 32 heavy (non-hydrogen) atoms. The number of fused-ring (bicyclic) bond motifs is 1. The summed E-state index contributed by atoms with van der Waals surface area (Å²) in [5.74, 6) is 1.75. The predicted molar refractivity (Wildman–Crippen MR) is 122 cm³/mol. The zero-order valence-electron chi connectivity index (χ0n) is 18.4. The molecule has 3 heterocycles. The van der Waals surface area contributed by atoms with Crippen LogP contribution in [0.5, 0.6) is 5.75 Å². The lowest BCUT2D eigenvalue weighted by atomic mass is 10.0. The van der Waals surface area contributed by atoms with Crippen LogP contribution in [0.1, 0.15) is 29.9 Å². The van der Waals surface area contributed by atoms with Crippen molar-refractivity contribution in [1.29, 1.82) is 0 Å². The lowest BCUT2D eigenvalue weighted by Gasteiger charge is -2.30. The normalized spacial score (nSPS) is 16.3. The number of piperidine rings is 1. The van der Waals surface area contributed by atoms with Crippen LogP contribution in [-0.4, -0.2) is 47.0 Å². The molecule has 2 aromatic carbocycles. The standard InChI is InChI=1S/C25H27N3O4/c1-16-24(17(2)32-26-16)18-6-8-19(9-7-18)28-15-12-21-22(28)4-3-5-23(21)31-20-10-13-27(14-11-20)25(29)30/h3-9,20H,10-15H2,1-2H3,(H,29,30). The highest BCUT2D eigenvalue weighted by Gasteiger charge is 2.27. The summed E-state index contributed by atoms with van der Waals surface area (Å²) in [6, 6.07) is 14.7. The van der Waals surface area contributed by atoms with Crippen LogP contribution in [0.25, 0.3) is 11.1 Å². The number of amides is 1. The molecule has 0 unspecified atom stereocenters. The monoisotopic (exact) mass is 433 g/mol. The minimum absolute atomic E-state index is 0.0560. The van der Waals surface area contributed by atoms with Crippen molar-refractivity contribution in [3.63, 3.8) is 0 Å². The van der Waals surface area contributed by atoms with Gasteiger partial charge in [0.2, 0.25) is 0 Å². The second kappa shape index (κ2) is 8.22. The van der Waals surface area contributed by atoms with E-state index in [-0.39, 0.29) is 6.10 Å². The van der Waals surface area contributed by atoms with Gasteiger partial charge in [0.1, 0.15) is 17.6 Å². The first kappa shape index (κ1) is 20.4. The molecular weight excluding hydrogens is 406 g/mol. The Morgan fingerprint density at radius 3 is 2.50 bits per heavy atom. The average molecular weight is 434 g/mol. The summed E-state index contributed by atoms with van der Waals surface area (Å²) >= 11 is 0. The SMILES string of the molecule is Cc1noc(C)c1-c1ccc(N2CCc3c(OC4CCN(C(=O)O)CC4)cccc32)cc1. The number of likely N-dealkylation sites (tertiary alicyclic amines) is 1. The van der Waals surface area contributed by atoms with Crippen molar-refractivity contribution in [3.05, 3.63) is 59.5 Å². The van der Waals surface area contributed by atoms with Crippen molar-refractivity contribution in [2.45, 2.75) is 39.2 Å². The third-order valence-electron chi connectivity index (χ3n) is 6.49. The molecule has 0 atom stereocenters. The second-order valence-electron chi connectivity index (χ2n) is 8.49. The van der Waals surface area contributed by atoms with Crippen LogP contribution in [0.15, 0.2) is 47.0 Å². The highest BCUT2D eigenvalue weighted by atomic mass is 16.5. The smallest absolute Gasteiger partial charge is 0.407 e. The summed E-state index contributed by atoms with van der Waals surface area (Å²) in [6.07, 6.45) is 1.58. The second-order valence-corrected chi connectivity index (χ2v) is 8.49. The van der Waals surface area contributed by atoms with Gasteiger partial charge in [-0.1, -0.05) is 23.4 Å². The highest BCUT2D eigenvalue weighted by molar-refractivity contribution is 5.75. The number of nitrogens with zero attached hydrogens (tertiary/aromatic N) is 3. The first-order chi connectivity index (χ1) is 15.5. The molecular formula is C25H27N3O4. The van der Waals surface area contributed by atoms with Gasteiger partial charge in [-0.15, -0.1) is 0 Å². The molecule has 5 rings (SSSR count). The number of aromatic nitrogens is 1. The fourth-order valence-electron chi connectivity index (χ4n) is 4.83. The number of carbonyl (C=O) groups is 1. The van der Waals surface area contributed by atoms with Crippen molar-refractivity contribution in [2.75, 3.05) is 24.5 Å². The number of anilines is 2. The molecule has 1 amide bonds. The number of aryl methyl sites for hydroxylation is 2. The van der Waals surface area contributed by atoms with Gasteiger partial charge in [-0.3, -0.25) is 0 Å². The number of carboxylic acid groups (broad SMARTS) is 1. The van der Waals surface area contributed by atoms with Crippen molar-refractivity contribution >= 4 is 17.5 Å². The lowest BCUT2D eigenvalue weighted by molar-refractivity contribution is 0.0891. The highest BCUT2D eigenvalue weighted by Crippen LogP contribution is 2.40. The minimum Gasteiger partial charge on any atom is -0.490 e. The zero-order chi connectivity index (χ0) is 22.2. The number of ether oxygens (including phenoxy) is 1. The molecule has 2 aliphatic rings. The van der Waals surface area contributed by atoms with Gasteiger partial charge >= 0.3 is 6.09 Å². The maximum Gasteiger partial charge on any atom is 0.407 e. The lowest BCUT2D eigenvalue weighted by Crippen LogP contribution is -2.41. The summed E-state index contributed by atoms with van der Waals surface area (Å²) in [5, 5.41) is 13.2. The molecule has 3 aromatic rings. The number of rotatable bonds is 4. The van der Waals surface area contributed by atoms with Gasteiger partial charge in [-0.25, -0.2) is 4.79 Å². The van der Waals surface area contributed by atoms with E-state index in [1.54, 1.807) is 0 Å². The molecule has 166 valence electrons. The summed E-state index contributed by atoms with van der Waals surface area (Å²) < 4.78 is 11.7. The maximum absolute atomic E-state index is 11.1. The van der Waals surface area contributed by atoms with Crippen LogP contribution in [0, 0.1) is 13.8 Å². The van der Waals surface area contributed by atoms with Crippen molar-refractivity contribution < 1.29 is 19.2 Å². The van der Waals surface area contributed by atoms with Gasteiger partial charge in [0.05, 0.1) is 5.69 Å². The third-order valence-corrected chi connectivity index (χ3v) is 6.49. The van der Waals surface area contributed by atoms with E-state index >= 15 is 0 Å². The molecule has 7 nitrogen and oxygen atoms in total. The number of hydrogen-bond acceptors (Lipinski definition) is 5. The van der Waals surface area contributed by atoms with Crippen molar-refractivity contribution in [1.82, 2.24) is 10.1 Å². The third kappa shape index (κ3) is 3.68. The molecule has 1 fully saturated rings. The first-order valence-electron chi connectivity index (χ1n) is 11.1. The Kier molecular flexibility index (Phi) is 5.25. The molecule has 0 spiro atoms. The summed E-state index contributed by atoms with van der Waals surface area (Å²) in [7, 11) is 0. The first-order valence-corrected chi connectivity index (χ1v) is 11.1. The van der Waals surface area contributed by atoms with Crippen molar-refractivity contribution in [3.8, 4) is 16.9 Å². The summed E-state index contributed by atoms with van der Waals surface area (Å²) in [4.78, 5) is 14.9. The summed E-state index contributed by atoms with van der Waals surface area (Å²) in [6.45, 7) is 5.85. The van der Waals surface area contributed by atoms with Gasteiger partial charge < -0.3 is 24.2 Å². The molecule has 0 saturated carbocycles. The Bertz CT molecular complexity index is 1110. The van der Waals surface area contributed by atoms with Gasteiger partial charge in [-0.2, -0.15) is 0 Å². The van der Waals surface area contributed by atoms with Crippen LogP contribution in [-0.2, 0) is 6.42 Å². The fourth-order valence-corrected chi connectivity index (χ4v) is 4.83. The summed E-state index contributed by atoms with van der Waals surface area (Å²) in [5.41, 5.74) is 6.61. The van der Waals surface area contributed by atoms with Gasteiger partial charge in [0, 0.05) is 55.0 Å². The molecule has 1 saturated heterocycles. The van der Waals surface area contributed by atoms with E-state index in [1.165, 1.54) is 16.2 Å². The van der Waals surface area contributed by atoms with Crippen LogP contribution in [0.4, 0.5) is 16.2 Å². The van der Waals surface area contributed by atoms with E-state index in [2.05, 4.69) is 40.4 Å². The van der Waals surface area contributed by atoms with E-state index in [0.29, 0.717) is 13.1 Å². The molecule has 7 heteroatoms. The van der Waals surface area contributed by atoms with Crippen LogP contribution in [0.2, 0.25) is 0 Å². The van der Waals surface area contributed by atoms with Gasteiger partial charge in [-0.05, 0) is 50.1 Å². The van der Waals surface area contributed by atoms with E-state index in [9.17, 15) is 4.79 Å². The van der Waals surface area contributed by atoms with E-state index in [1.807, 2.05) is 26.0 Å². The maximum atomic E-state index is 11.1. The minimum atomic E-state index is -0.847. The van der Waals surface area contributed by atoms with Gasteiger partial charge in [0.25, 0.3) is 0 Å². The van der Waals surface area contributed by atoms with E-state index < -0.39 is 6.09 Å². The molecule has 1 aromatic heterocycles. The largest absolute Gasteiger partial charge is 0.490 e. The van der Waals surface area contributed by atoms with E-state index in [0.717, 1.165) is 59.8 Å². The predicted octanol–water partition coefficient (Wildman–Crippen LogP) is 5.17. The van der Waals surface area contributed by atoms with Gasteiger partial charge in [0.15, 0.2) is 0 Å². The Morgan fingerprint density at radius 1 is 1.09 bits per heavy atom. The Morgan fingerprint density at radius 2 is 1.84 bits per heavy atom. The van der Waals surface area contributed by atoms with Crippen LogP contribution >= 0.6 is 0 Å². The Labute approximate surface area is 187 Å². The number of benzene rings is 2. The molecule has 0 bridgehead atoms. The molecule has 0 radical (unpaired) electrons. The fraction of sp³-hybridized carbons (Fsp3) is 0.360. The van der Waals surface area contributed by atoms with Crippen LogP contribution < -0.4 is 9.64 Å². The molecule has 1 N–H and O–H groups in total. The molecule has 2 aliphatic heterocycles. The average Bonchev–Trinajstić information content (AvgIpc) is 3.38.